The van der Waals surface area contributed by atoms with Gasteiger partial charge in [-0.1, -0.05) is 35.9 Å². The van der Waals surface area contributed by atoms with Crippen LogP contribution in [-0.4, -0.2) is 60.0 Å². The van der Waals surface area contributed by atoms with Crippen molar-refractivity contribution in [2.24, 2.45) is 0 Å². The number of hydrogen-bond acceptors (Lipinski definition) is 7. The van der Waals surface area contributed by atoms with E-state index in [1.807, 2.05) is 29.2 Å². The number of aliphatic hydroxyl groups is 1. The Morgan fingerprint density at radius 3 is 3.00 bits per heavy atom. The first-order valence-corrected chi connectivity index (χ1v) is 12.9. The fraction of sp³-hybridized carbons (Fsp3) is 0.414. The van der Waals surface area contributed by atoms with Gasteiger partial charge in [-0.15, -0.1) is 0 Å². The van der Waals surface area contributed by atoms with Gasteiger partial charge in [0.2, 0.25) is 0 Å². The zero-order chi connectivity index (χ0) is 25.6. The Labute approximate surface area is 216 Å². The second kappa shape index (κ2) is 11.9. The summed E-state index contributed by atoms with van der Waals surface area (Å²) in [4.78, 5) is 6.41. The summed E-state index contributed by atoms with van der Waals surface area (Å²) in [5.41, 5.74) is 2.86. The molecule has 2 aromatic rings. The Hall–Kier alpha value is -3.20. The first kappa shape index (κ1) is 25.4. The van der Waals surface area contributed by atoms with E-state index in [1.54, 1.807) is 19.6 Å². The normalized spacial score (nSPS) is 23.5. The van der Waals surface area contributed by atoms with Gasteiger partial charge in [0.1, 0.15) is 30.7 Å². The zero-order valence-electron chi connectivity index (χ0n) is 21.1. The van der Waals surface area contributed by atoms with E-state index in [2.05, 4.69) is 28.5 Å². The monoisotopic (exact) mass is 507 g/mol. The van der Waals surface area contributed by atoms with Crippen molar-refractivity contribution in [2.45, 2.75) is 50.0 Å². The van der Waals surface area contributed by atoms with Crippen LogP contribution < -0.4 is 10.1 Å². The molecule has 3 heterocycles. The third kappa shape index (κ3) is 6.21. The molecule has 1 aromatic heterocycles. The van der Waals surface area contributed by atoms with Gasteiger partial charge < -0.3 is 24.6 Å². The van der Waals surface area contributed by atoms with E-state index in [1.165, 1.54) is 18.1 Å². The molecule has 4 atom stereocenters. The minimum absolute atomic E-state index is 0.179. The Bertz CT molecular complexity index is 1210. The van der Waals surface area contributed by atoms with Crippen molar-refractivity contribution >= 4 is 10.9 Å². The summed E-state index contributed by atoms with van der Waals surface area (Å²) in [7, 11) is 1.59. The highest BCUT2D eigenvalue weighted by Gasteiger charge is 2.33. The van der Waals surface area contributed by atoms with Crippen molar-refractivity contribution in [1.82, 2.24) is 15.2 Å². The molecule has 8 heteroatoms. The van der Waals surface area contributed by atoms with E-state index in [0.29, 0.717) is 31.0 Å². The van der Waals surface area contributed by atoms with Crippen LogP contribution in [0.2, 0.25) is 0 Å². The van der Waals surface area contributed by atoms with Crippen LogP contribution in [0.4, 0.5) is 4.39 Å². The SMILES string of the molecule is COc1cnc2cccc(C(O)CN3CCC(NC(CC4=CC=CCC4)C4=COC=CO4)C(F)C3)c2c1. The van der Waals surface area contributed by atoms with Crippen molar-refractivity contribution in [3.8, 4) is 5.75 Å². The molecule has 1 fully saturated rings. The molecule has 196 valence electrons. The number of allylic oxidation sites excluding steroid dienone is 3. The van der Waals surface area contributed by atoms with Crippen LogP contribution in [0.25, 0.3) is 10.9 Å². The predicted octanol–water partition coefficient (Wildman–Crippen LogP) is 4.67. The third-order valence-corrected chi connectivity index (χ3v) is 7.23. The van der Waals surface area contributed by atoms with Crippen molar-refractivity contribution < 1.29 is 23.7 Å². The minimum Gasteiger partial charge on any atom is -0.495 e. The maximum atomic E-state index is 15.5. The second-order valence-electron chi connectivity index (χ2n) is 9.74. The molecule has 2 aliphatic heterocycles. The maximum absolute atomic E-state index is 15.5. The topological polar surface area (TPSA) is 76.1 Å². The van der Waals surface area contributed by atoms with Gasteiger partial charge in [0.15, 0.2) is 5.76 Å². The average Bonchev–Trinajstić information content (AvgIpc) is 2.94. The van der Waals surface area contributed by atoms with Crippen LogP contribution in [0.3, 0.4) is 0 Å². The lowest BCUT2D eigenvalue weighted by atomic mass is 9.94. The smallest absolute Gasteiger partial charge is 0.155 e. The summed E-state index contributed by atoms with van der Waals surface area (Å²) in [6.07, 6.45) is 14.1. The fourth-order valence-corrected chi connectivity index (χ4v) is 5.24. The molecule has 0 spiro atoms. The number of aromatic nitrogens is 1. The number of likely N-dealkylation sites (tertiary alicyclic amines) is 1. The molecule has 1 saturated heterocycles. The second-order valence-corrected chi connectivity index (χ2v) is 9.74. The summed E-state index contributed by atoms with van der Waals surface area (Å²) in [5, 5.41) is 15.4. The third-order valence-electron chi connectivity index (χ3n) is 7.23. The number of ether oxygens (including phenoxy) is 3. The highest BCUT2D eigenvalue weighted by Crippen LogP contribution is 2.29. The number of halogens is 1. The van der Waals surface area contributed by atoms with E-state index in [9.17, 15) is 5.11 Å². The van der Waals surface area contributed by atoms with Crippen LogP contribution in [0.15, 0.2) is 78.8 Å². The molecular weight excluding hydrogens is 473 g/mol. The molecule has 1 aliphatic carbocycles. The molecule has 4 unspecified atom stereocenters. The molecule has 3 aliphatic rings. The van der Waals surface area contributed by atoms with E-state index < -0.39 is 12.3 Å². The highest BCUT2D eigenvalue weighted by molar-refractivity contribution is 5.83. The number of nitrogens with one attached hydrogen (secondary N) is 1. The molecule has 0 saturated carbocycles. The van der Waals surface area contributed by atoms with Crippen molar-refractivity contribution in [3.05, 3.63) is 84.4 Å². The van der Waals surface area contributed by atoms with E-state index in [-0.39, 0.29) is 18.6 Å². The van der Waals surface area contributed by atoms with E-state index >= 15 is 4.39 Å². The number of methoxy groups -OCH3 is 1. The number of hydrogen-bond donors (Lipinski definition) is 2. The molecule has 7 nitrogen and oxygen atoms in total. The molecule has 0 amide bonds. The summed E-state index contributed by atoms with van der Waals surface area (Å²) < 4.78 is 31.8. The van der Waals surface area contributed by atoms with Crippen LogP contribution in [0.5, 0.6) is 5.75 Å². The van der Waals surface area contributed by atoms with Gasteiger partial charge in [0.25, 0.3) is 0 Å². The Kier molecular flexibility index (Phi) is 8.18. The van der Waals surface area contributed by atoms with Crippen LogP contribution in [-0.2, 0) is 9.47 Å². The summed E-state index contributed by atoms with van der Waals surface area (Å²) in [5.74, 6) is 1.29. The van der Waals surface area contributed by atoms with Crippen LogP contribution >= 0.6 is 0 Å². The molecule has 5 rings (SSSR count). The first-order valence-electron chi connectivity index (χ1n) is 12.9. The number of pyridine rings is 1. The Balaban J connectivity index is 1.22. The average molecular weight is 508 g/mol. The van der Waals surface area contributed by atoms with Gasteiger partial charge in [-0.3, -0.25) is 9.88 Å². The standard InChI is InChI=1S/C29H34FN3O4/c1-35-21-15-23-22(8-5-9-25(23)31-16-21)28(34)18-33-11-10-26(24(30)17-33)32-27(29-19-36-12-13-37-29)14-20-6-3-2-4-7-20/h2-3,5-6,8-9,12-13,15-16,19,24,26-28,32,34H,4,7,10-11,14,17-18H2,1H3. The lowest BCUT2D eigenvalue weighted by Gasteiger charge is -2.38. The van der Waals surface area contributed by atoms with Crippen LogP contribution in [0, 0.1) is 0 Å². The fourth-order valence-electron chi connectivity index (χ4n) is 5.24. The van der Waals surface area contributed by atoms with Crippen molar-refractivity contribution in [2.75, 3.05) is 26.7 Å². The number of β-amino-alcohol motifs (C(OH)–C–C–N with tert-alkyl or cyclic N) is 1. The van der Waals surface area contributed by atoms with Crippen LogP contribution in [0.1, 0.15) is 37.4 Å². The number of piperidine rings is 1. The van der Waals surface area contributed by atoms with Gasteiger partial charge in [-0.2, -0.15) is 0 Å². The first-order chi connectivity index (χ1) is 18.1. The zero-order valence-corrected chi connectivity index (χ0v) is 21.1. The lowest BCUT2D eigenvalue weighted by molar-refractivity contribution is 0.0537. The minimum atomic E-state index is -1.08. The number of aliphatic hydroxyl groups excluding tert-OH is 1. The van der Waals surface area contributed by atoms with E-state index in [4.69, 9.17) is 14.2 Å². The quantitative estimate of drug-likeness (QED) is 0.511. The molecule has 0 bridgehead atoms. The van der Waals surface area contributed by atoms with Gasteiger partial charge >= 0.3 is 0 Å². The number of alkyl halides is 1. The summed E-state index contributed by atoms with van der Waals surface area (Å²) in [6.45, 7) is 1.27. The summed E-state index contributed by atoms with van der Waals surface area (Å²) >= 11 is 0. The van der Waals surface area contributed by atoms with Gasteiger partial charge in [-0.05, 0) is 49.9 Å². The van der Waals surface area contributed by atoms with Gasteiger partial charge in [-0.25, -0.2) is 4.39 Å². The summed E-state index contributed by atoms with van der Waals surface area (Å²) in [6, 6.07) is 7.06. The predicted molar refractivity (Wildman–Crippen MR) is 140 cm³/mol. The Morgan fingerprint density at radius 1 is 1.32 bits per heavy atom. The lowest BCUT2D eigenvalue weighted by Crippen LogP contribution is -2.54. The van der Waals surface area contributed by atoms with Crippen molar-refractivity contribution in [3.63, 3.8) is 0 Å². The molecule has 1 aromatic carbocycles. The number of rotatable bonds is 9. The van der Waals surface area contributed by atoms with E-state index in [0.717, 1.165) is 35.7 Å². The number of nitrogens with zero attached hydrogens (tertiary/aromatic N) is 2. The largest absolute Gasteiger partial charge is 0.495 e. The van der Waals surface area contributed by atoms with Gasteiger partial charge in [0, 0.05) is 24.5 Å². The van der Waals surface area contributed by atoms with Gasteiger partial charge in [0.05, 0.1) is 31.0 Å². The van der Waals surface area contributed by atoms with Crippen molar-refractivity contribution in [1.29, 1.82) is 0 Å². The number of benzene rings is 1. The highest BCUT2D eigenvalue weighted by atomic mass is 19.1. The molecule has 0 radical (unpaired) electrons. The Morgan fingerprint density at radius 2 is 2.24 bits per heavy atom. The molecular formula is C29H34FN3O4. The molecule has 37 heavy (non-hydrogen) atoms. The number of fused-ring (bicyclic) bond motifs is 1. The molecule has 2 N–H and O–H groups in total. The maximum Gasteiger partial charge on any atom is 0.155 e.